The Morgan fingerprint density at radius 2 is 2.22 bits per heavy atom. The molecule has 0 aliphatic carbocycles. The van der Waals surface area contributed by atoms with Crippen LogP contribution in [0.2, 0.25) is 0 Å². The van der Waals surface area contributed by atoms with Crippen LogP contribution in [0.5, 0.6) is 0 Å². The van der Waals surface area contributed by atoms with Crippen molar-refractivity contribution in [3.63, 3.8) is 0 Å². The fraction of sp³-hybridized carbons (Fsp3) is 0.812. The Kier molecular flexibility index (Phi) is 5.62. The zero-order chi connectivity index (χ0) is 17.0. The summed E-state index contributed by atoms with van der Waals surface area (Å²) in [6.45, 7) is 9.47. The van der Waals surface area contributed by atoms with Gasteiger partial charge < -0.3 is 14.7 Å². The third kappa shape index (κ3) is 4.92. The molecule has 2 atom stereocenters. The van der Waals surface area contributed by atoms with E-state index in [9.17, 15) is 9.90 Å². The van der Waals surface area contributed by atoms with Crippen LogP contribution in [0.1, 0.15) is 46.4 Å². The van der Waals surface area contributed by atoms with Gasteiger partial charge in [0.15, 0.2) is 0 Å². The average molecular weight is 324 g/mol. The Bertz CT molecular complexity index is 524. The van der Waals surface area contributed by atoms with Crippen molar-refractivity contribution in [2.75, 3.05) is 13.1 Å². The third-order valence-electron chi connectivity index (χ3n) is 3.92. The normalized spacial score (nSPS) is 22.2. The standard InChI is InChI=1S/C16H28N4O3/c1-5-7-20-14(17-11-18-20)9-12-10-19(8-6-13(12)21)15(22)23-16(2,3)4/h11-13,21H,5-10H2,1-4H3. The number of aryl methyl sites for hydroxylation is 1. The molecule has 1 fully saturated rings. The SMILES string of the molecule is CCCn1ncnc1CC1CN(C(=O)OC(C)(C)C)CCC1O. The highest BCUT2D eigenvalue weighted by Crippen LogP contribution is 2.22. The highest BCUT2D eigenvalue weighted by molar-refractivity contribution is 5.68. The summed E-state index contributed by atoms with van der Waals surface area (Å²) in [5.41, 5.74) is -0.510. The number of carbonyl (C=O) groups excluding carboxylic acids is 1. The molecule has 0 radical (unpaired) electrons. The Labute approximate surface area is 137 Å². The van der Waals surface area contributed by atoms with Crippen molar-refractivity contribution in [3.8, 4) is 0 Å². The average Bonchev–Trinajstić information content (AvgIpc) is 2.87. The summed E-state index contributed by atoms with van der Waals surface area (Å²) in [6, 6.07) is 0. The molecule has 1 aliphatic rings. The molecule has 2 unspecified atom stereocenters. The van der Waals surface area contributed by atoms with Gasteiger partial charge in [0, 0.05) is 32.0 Å². The Hall–Kier alpha value is -1.63. The smallest absolute Gasteiger partial charge is 0.410 e. The van der Waals surface area contributed by atoms with Gasteiger partial charge in [-0.2, -0.15) is 5.10 Å². The second kappa shape index (κ2) is 7.29. The first-order valence-corrected chi connectivity index (χ1v) is 8.33. The molecule has 1 amide bonds. The number of piperidine rings is 1. The highest BCUT2D eigenvalue weighted by Gasteiger charge is 2.33. The van der Waals surface area contributed by atoms with Gasteiger partial charge in [0.1, 0.15) is 17.8 Å². The van der Waals surface area contributed by atoms with Gasteiger partial charge in [0.2, 0.25) is 0 Å². The van der Waals surface area contributed by atoms with Gasteiger partial charge in [-0.1, -0.05) is 6.92 Å². The zero-order valence-electron chi connectivity index (χ0n) is 14.5. The van der Waals surface area contributed by atoms with E-state index in [2.05, 4.69) is 17.0 Å². The van der Waals surface area contributed by atoms with Crippen LogP contribution in [0.3, 0.4) is 0 Å². The van der Waals surface area contributed by atoms with E-state index in [1.807, 2.05) is 25.5 Å². The highest BCUT2D eigenvalue weighted by atomic mass is 16.6. The summed E-state index contributed by atoms with van der Waals surface area (Å²) in [6.07, 6.45) is 2.95. The third-order valence-corrected chi connectivity index (χ3v) is 3.92. The number of amides is 1. The molecule has 0 bridgehead atoms. The van der Waals surface area contributed by atoms with Gasteiger partial charge >= 0.3 is 6.09 Å². The number of likely N-dealkylation sites (tertiary alicyclic amines) is 1. The van der Waals surface area contributed by atoms with Gasteiger partial charge in [-0.15, -0.1) is 0 Å². The molecule has 1 aliphatic heterocycles. The first kappa shape index (κ1) is 17.7. The molecule has 7 nitrogen and oxygen atoms in total. The van der Waals surface area contributed by atoms with Gasteiger partial charge in [-0.3, -0.25) is 4.68 Å². The second-order valence-corrected chi connectivity index (χ2v) is 7.15. The van der Waals surface area contributed by atoms with Gasteiger partial charge in [-0.25, -0.2) is 9.78 Å². The monoisotopic (exact) mass is 324 g/mol. The first-order chi connectivity index (χ1) is 10.8. The second-order valence-electron chi connectivity index (χ2n) is 7.15. The van der Waals surface area contributed by atoms with Crippen LogP contribution in [0.25, 0.3) is 0 Å². The number of aliphatic hydroxyl groups excluding tert-OH is 1. The minimum Gasteiger partial charge on any atom is -0.444 e. The van der Waals surface area contributed by atoms with E-state index in [0.29, 0.717) is 25.9 Å². The molecule has 0 spiro atoms. The van der Waals surface area contributed by atoms with Crippen LogP contribution in [-0.4, -0.2) is 55.7 Å². The maximum absolute atomic E-state index is 12.2. The molecule has 1 saturated heterocycles. The maximum atomic E-state index is 12.2. The Morgan fingerprint density at radius 3 is 2.87 bits per heavy atom. The van der Waals surface area contributed by atoms with Crippen LogP contribution < -0.4 is 0 Å². The lowest BCUT2D eigenvalue weighted by Gasteiger charge is -2.36. The number of hydrogen-bond acceptors (Lipinski definition) is 5. The maximum Gasteiger partial charge on any atom is 0.410 e. The van der Waals surface area contributed by atoms with Crippen LogP contribution in [0.15, 0.2) is 6.33 Å². The van der Waals surface area contributed by atoms with E-state index >= 15 is 0 Å². The fourth-order valence-electron chi connectivity index (χ4n) is 2.79. The summed E-state index contributed by atoms with van der Waals surface area (Å²) >= 11 is 0. The van der Waals surface area contributed by atoms with Crippen molar-refractivity contribution in [2.24, 2.45) is 5.92 Å². The molecule has 2 rings (SSSR count). The lowest BCUT2D eigenvalue weighted by atomic mass is 9.91. The van der Waals surface area contributed by atoms with Gasteiger partial charge in [-0.05, 0) is 33.6 Å². The zero-order valence-corrected chi connectivity index (χ0v) is 14.5. The minimum atomic E-state index is -0.510. The van der Waals surface area contributed by atoms with Crippen LogP contribution in [-0.2, 0) is 17.7 Å². The van der Waals surface area contributed by atoms with Crippen molar-refractivity contribution >= 4 is 6.09 Å². The fourth-order valence-corrected chi connectivity index (χ4v) is 2.79. The van der Waals surface area contributed by atoms with Crippen molar-refractivity contribution in [3.05, 3.63) is 12.2 Å². The predicted molar refractivity (Wildman–Crippen MR) is 85.9 cm³/mol. The number of carbonyl (C=O) groups is 1. The number of hydrogen-bond donors (Lipinski definition) is 1. The van der Waals surface area contributed by atoms with Crippen LogP contribution in [0, 0.1) is 5.92 Å². The molecule has 0 saturated carbocycles. The Balaban J connectivity index is 2.00. The van der Waals surface area contributed by atoms with Crippen LogP contribution in [0.4, 0.5) is 4.79 Å². The molecule has 2 heterocycles. The lowest BCUT2D eigenvalue weighted by molar-refractivity contribution is -0.00877. The quantitative estimate of drug-likeness (QED) is 0.914. The molecule has 0 aromatic carbocycles. The number of aliphatic hydroxyl groups is 1. The lowest BCUT2D eigenvalue weighted by Crippen LogP contribution is -2.48. The Morgan fingerprint density at radius 1 is 1.48 bits per heavy atom. The molecule has 23 heavy (non-hydrogen) atoms. The van der Waals surface area contributed by atoms with Gasteiger partial charge in [0.25, 0.3) is 0 Å². The molecule has 1 N–H and O–H groups in total. The topological polar surface area (TPSA) is 80.5 Å². The summed E-state index contributed by atoms with van der Waals surface area (Å²) in [5, 5.41) is 14.5. The molecule has 130 valence electrons. The van der Waals surface area contributed by atoms with E-state index in [0.717, 1.165) is 18.8 Å². The van der Waals surface area contributed by atoms with Crippen molar-refractivity contribution in [1.82, 2.24) is 19.7 Å². The number of nitrogens with zero attached hydrogens (tertiary/aromatic N) is 4. The van der Waals surface area contributed by atoms with Crippen molar-refractivity contribution in [2.45, 2.75) is 65.2 Å². The van der Waals surface area contributed by atoms with E-state index in [-0.39, 0.29) is 12.0 Å². The van der Waals surface area contributed by atoms with E-state index < -0.39 is 11.7 Å². The number of rotatable bonds is 4. The van der Waals surface area contributed by atoms with Gasteiger partial charge in [0.05, 0.1) is 6.10 Å². The molecule has 1 aromatic heterocycles. The predicted octanol–water partition coefficient (Wildman–Crippen LogP) is 1.85. The molecule has 7 heteroatoms. The minimum absolute atomic E-state index is 0.0453. The van der Waals surface area contributed by atoms with Crippen molar-refractivity contribution < 1.29 is 14.6 Å². The van der Waals surface area contributed by atoms with E-state index in [1.165, 1.54) is 0 Å². The number of ether oxygens (including phenoxy) is 1. The summed E-state index contributed by atoms with van der Waals surface area (Å²) in [5.74, 6) is 0.818. The number of aromatic nitrogens is 3. The van der Waals surface area contributed by atoms with Crippen LogP contribution >= 0.6 is 0 Å². The molecular formula is C16H28N4O3. The first-order valence-electron chi connectivity index (χ1n) is 8.33. The summed E-state index contributed by atoms with van der Waals surface area (Å²) in [4.78, 5) is 18.2. The molecule has 1 aromatic rings. The van der Waals surface area contributed by atoms with Crippen molar-refractivity contribution in [1.29, 1.82) is 0 Å². The summed E-state index contributed by atoms with van der Waals surface area (Å²) < 4.78 is 7.30. The summed E-state index contributed by atoms with van der Waals surface area (Å²) in [7, 11) is 0. The van der Waals surface area contributed by atoms with E-state index in [4.69, 9.17) is 4.74 Å². The largest absolute Gasteiger partial charge is 0.444 e. The van der Waals surface area contributed by atoms with E-state index in [1.54, 1.807) is 11.2 Å². The molecular weight excluding hydrogens is 296 g/mol.